The first-order chi connectivity index (χ1) is 11.1. The van der Waals surface area contributed by atoms with Gasteiger partial charge in [0.2, 0.25) is 5.95 Å². The van der Waals surface area contributed by atoms with Crippen LogP contribution in [0.3, 0.4) is 0 Å². The van der Waals surface area contributed by atoms with Crippen LogP contribution in [0.25, 0.3) is 0 Å². The fourth-order valence-corrected chi connectivity index (χ4v) is 2.11. The summed E-state index contributed by atoms with van der Waals surface area (Å²) in [5.41, 5.74) is 1.88. The lowest BCUT2D eigenvalue weighted by Crippen LogP contribution is -2.18. The number of hydrogen-bond donors (Lipinski definition) is 2. The van der Waals surface area contributed by atoms with E-state index in [0.29, 0.717) is 23.8 Å². The van der Waals surface area contributed by atoms with Gasteiger partial charge in [-0.05, 0) is 30.3 Å². The fourth-order valence-electron chi connectivity index (χ4n) is 2.11. The number of H-pyrrole nitrogens is 1. The molecule has 0 fully saturated rings. The summed E-state index contributed by atoms with van der Waals surface area (Å²) in [5.74, 6) is 0.971. The molecule has 0 saturated heterocycles. The number of anilines is 3. The van der Waals surface area contributed by atoms with Crippen LogP contribution in [0.2, 0.25) is 0 Å². The molecule has 3 rings (SSSR count). The van der Waals surface area contributed by atoms with E-state index >= 15 is 0 Å². The largest absolute Gasteiger partial charge is 0.469 e. The molecule has 0 bridgehead atoms. The Kier molecular flexibility index (Phi) is 4.09. The second-order valence-corrected chi connectivity index (χ2v) is 5.28. The van der Waals surface area contributed by atoms with Gasteiger partial charge in [0.1, 0.15) is 11.5 Å². The highest BCUT2D eigenvalue weighted by atomic mass is 16.3. The average Bonchev–Trinajstić information content (AvgIpc) is 3.03. The van der Waals surface area contributed by atoms with Crippen molar-refractivity contribution in [2.45, 2.75) is 6.42 Å². The maximum Gasteiger partial charge on any atom is 0.274 e. The van der Waals surface area contributed by atoms with E-state index in [1.165, 1.54) is 0 Å². The zero-order valence-electron chi connectivity index (χ0n) is 12.9. The van der Waals surface area contributed by atoms with Gasteiger partial charge < -0.3 is 14.6 Å². The maximum atomic E-state index is 12.1. The number of rotatable bonds is 5. The third kappa shape index (κ3) is 3.57. The number of hydrogen-bond acceptors (Lipinski definition) is 6. The van der Waals surface area contributed by atoms with E-state index in [9.17, 15) is 4.79 Å². The molecule has 0 radical (unpaired) electrons. The van der Waals surface area contributed by atoms with Gasteiger partial charge in [-0.15, -0.1) is 10.2 Å². The number of aromatic amines is 1. The van der Waals surface area contributed by atoms with Crippen molar-refractivity contribution in [1.29, 1.82) is 0 Å². The Labute approximate surface area is 133 Å². The summed E-state index contributed by atoms with van der Waals surface area (Å²) in [4.78, 5) is 16.8. The van der Waals surface area contributed by atoms with Gasteiger partial charge >= 0.3 is 0 Å². The number of nitrogens with zero attached hydrogens (tertiary/aromatic N) is 3. The lowest BCUT2D eigenvalue weighted by Gasteiger charge is -2.13. The highest BCUT2D eigenvalue weighted by molar-refractivity contribution is 5.61. The van der Waals surface area contributed by atoms with E-state index in [1.807, 2.05) is 43.3 Å². The van der Waals surface area contributed by atoms with Crippen LogP contribution in [0, 0.1) is 0 Å². The third-order valence-electron chi connectivity index (χ3n) is 3.31. The maximum absolute atomic E-state index is 12.1. The molecular formula is C16H17N5O2. The SMILES string of the molecule is CN(C)c1cccc(Nc2nnc(Cc3ccco3)c(=O)[nH]2)c1. The third-order valence-corrected chi connectivity index (χ3v) is 3.31. The van der Waals surface area contributed by atoms with Gasteiger partial charge in [-0.3, -0.25) is 9.78 Å². The van der Waals surface area contributed by atoms with Crippen molar-refractivity contribution in [1.82, 2.24) is 15.2 Å². The Morgan fingerprint density at radius 1 is 1.22 bits per heavy atom. The van der Waals surface area contributed by atoms with Crippen LogP contribution in [-0.4, -0.2) is 29.3 Å². The molecule has 7 heteroatoms. The molecule has 0 aliphatic rings. The van der Waals surface area contributed by atoms with Gasteiger partial charge in [-0.1, -0.05) is 6.07 Å². The molecule has 0 unspecified atom stereocenters. The van der Waals surface area contributed by atoms with Crippen LogP contribution in [0.15, 0.2) is 51.9 Å². The predicted octanol–water partition coefficient (Wildman–Crippen LogP) is 2.16. The van der Waals surface area contributed by atoms with Crippen LogP contribution < -0.4 is 15.8 Å². The van der Waals surface area contributed by atoms with Gasteiger partial charge in [0.15, 0.2) is 0 Å². The van der Waals surface area contributed by atoms with Crippen LogP contribution in [-0.2, 0) is 6.42 Å². The van der Waals surface area contributed by atoms with Crippen molar-refractivity contribution >= 4 is 17.3 Å². The van der Waals surface area contributed by atoms with E-state index in [-0.39, 0.29) is 5.56 Å². The minimum Gasteiger partial charge on any atom is -0.469 e. The first kappa shape index (κ1) is 14.8. The summed E-state index contributed by atoms with van der Waals surface area (Å²) >= 11 is 0. The Hall–Kier alpha value is -3.09. The summed E-state index contributed by atoms with van der Waals surface area (Å²) in [6.07, 6.45) is 1.87. The van der Waals surface area contributed by atoms with Crippen molar-refractivity contribution in [2.24, 2.45) is 0 Å². The van der Waals surface area contributed by atoms with Gasteiger partial charge in [0.05, 0.1) is 12.7 Å². The first-order valence-corrected chi connectivity index (χ1v) is 7.14. The van der Waals surface area contributed by atoms with Crippen LogP contribution in [0.4, 0.5) is 17.3 Å². The zero-order valence-corrected chi connectivity index (χ0v) is 12.9. The van der Waals surface area contributed by atoms with Gasteiger partial charge in [-0.25, -0.2) is 0 Å². The van der Waals surface area contributed by atoms with E-state index in [0.717, 1.165) is 11.4 Å². The Balaban J connectivity index is 1.78. The van der Waals surface area contributed by atoms with Gasteiger partial charge in [-0.2, -0.15) is 0 Å². The minimum absolute atomic E-state index is 0.289. The van der Waals surface area contributed by atoms with Crippen LogP contribution in [0.5, 0.6) is 0 Å². The molecule has 3 aromatic rings. The van der Waals surface area contributed by atoms with Crippen molar-refractivity contribution < 1.29 is 4.42 Å². The molecule has 0 aliphatic carbocycles. The van der Waals surface area contributed by atoms with Crippen molar-refractivity contribution in [3.8, 4) is 0 Å². The number of benzene rings is 1. The minimum atomic E-state index is -0.289. The molecule has 23 heavy (non-hydrogen) atoms. The molecule has 0 amide bonds. The normalized spacial score (nSPS) is 10.5. The molecule has 0 aliphatic heterocycles. The molecule has 1 aromatic carbocycles. The summed E-state index contributed by atoms with van der Waals surface area (Å²) < 4.78 is 5.21. The standard InChI is InChI=1S/C16H17N5O2/c1-21(2)12-6-3-5-11(9-12)17-16-18-15(22)14(19-20-16)10-13-7-4-8-23-13/h3-9H,10H2,1-2H3,(H2,17,18,20,22). The van der Waals surface area contributed by atoms with Gasteiger partial charge in [0.25, 0.3) is 5.56 Å². The highest BCUT2D eigenvalue weighted by Crippen LogP contribution is 2.19. The molecule has 2 N–H and O–H groups in total. The Morgan fingerprint density at radius 3 is 2.78 bits per heavy atom. The molecule has 0 atom stereocenters. The topological polar surface area (TPSA) is 87.0 Å². The van der Waals surface area contributed by atoms with E-state index in [2.05, 4.69) is 20.5 Å². The van der Waals surface area contributed by atoms with E-state index in [4.69, 9.17) is 4.42 Å². The Bertz CT molecular complexity index is 840. The summed E-state index contributed by atoms with van der Waals surface area (Å²) in [5, 5.41) is 11.0. The van der Waals surface area contributed by atoms with Gasteiger partial charge in [0, 0.05) is 25.5 Å². The predicted molar refractivity (Wildman–Crippen MR) is 88.2 cm³/mol. The van der Waals surface area contributed by atoms with E-state index in [1.54, 1.807) is 18.4 Å². The zero-order chi connectivity index (χ0) is 16.2. The molecule has 0 saturated carbocycles. The number of nitrogens with one attached hydrogen (secondary N) is 2. The van der Waals surface area contributed by atoms with E-state index < -0.39 is 0 Å². The molecule has 2 aromatic heterocycles. The average molecular weight is 311 g/mol. The van der Waals surface area contributed by atoms with Crippen molar-refractivity contribution in [3.63, 3.8) is 0 Å². The molecular weight excluding hydrogens is 294 g/mol. The lowest BCUT2D eigenvalue weighted by molar-refractivity contribution is 0.517. The molecule has 7 nitrogen and oxygen atoms in total. The Morgan fingerprint density at radius 2 is 2.09 bits per heavy atom. The fraction of sp³-hybridized carbons (Fsp3) is 0.188. The molecule has 2 heterocycles. The first-order valence-electron chi connectivity index (χ1n) is 7.14. The van der Waals surface area contributed by atoms with Crippen LogP contribution >= 0.6 is 0 Å². The smallest absolute Gasteiger partial charge is 0.274 e. The highest BCUT2D eigenvalue weighted by Gasteiger charge is 2.08. The number of furan rings is 1. The molecule has 118 valence electrons. The molecule has 0 spiro atoms. The summed E-state index contributed by atoms with van der Waals surface area (Å²) in [6, 6.07) is 11.3. The quantitative estimate of drug-likeness (QED) is 0.751. The summed E-state index contributed by atoms with van der Waals surface area (Å²) in [7, 11) is 3.93. The van der Waals surface area contributed by atoms with Crippen molar-refractivity contribution in [3.05, 3.63) is 64.5 Å². The lowest BCUT2D eigenvalue weighted by atomic mass is 10.2. The summed E-state index contributed by atoms with van der Waals surface area (Å²) in [6.45, 7) is 0. The number of aromatic nitrogens is 3. The second kappa shape index (κ2) is 6.35. The van der Waals surface area contributed by atoms with Crippen LogP contribution in [0.1, 0.15) is 11.5 Å². The monoisotopic (exact) mass is 311 g/mol. The second-order valence-electron chi connectivity index (χ2n) is 5.28. The van der Waals surface area contributed by atoms with Crippen molar-refractivity contribution in [2.75, 3.05) is 24.3 Å².